The predicted molar refractivity (Wildman–Crippen MR) is 117 cm³/mol. The minimum Gasteiger partial charge on any atom is -0.492 e. The summed E-state index contributed by atoms with van der Waals surface area (Å²) in [6.45, 7) is 12.1. The molecule has 1 saturated heterocycles. The van der Waals surface area contributed by atoms with Crippen LogP contribution in [0.5, 0.6) is 5.75 Å². The van der Waals surface area contributed by atoms with Crippen molar-refractivity contribution in [1.82, 2.24) is 15.1 Å². The molecule has 0 aromatic heterocycles. The van der Waals surface area contributed by atoms with E-state index in [1.54, 1.807) is 0 Å². The standard InChI is InChI=1S/C24H33N3O2/c1-19-9-10-22(17-20(19)2)21(3)25-24(28)18-27-13-11-26(12-14-27)15-16-29-23-7-5-4-6-8-23/h4-10,17,21H,11-16,18H2,1-3H3,(H,25,28). The molecule has 0 spiro atoms. The first kappa shape index (κ1) is 21.3. The average Bonchev–Trinajstić information content (AvgIpc) is 2.72. The number of nitrogens with one attached hydrogen (secondary N) is 1. The van der Waals surface area contributed by atoms with Crippen LogP contribution < -0.4 is 10.1 Å². The maximum atomic E-state index is 12.5. The summed E-state index contributed by atoms with van der Waals surface area (Å²) >= 11 is 0. The zero-order valence-electron chi connectivity index (χ0n) is 17.9. The molecule has 1 N–H and O–H groups in total. The first-order valence-electron chi connectivity index (χ1n) is 10.5. The lowest BCUT2D eigenvalue weighted by Gasteiger charge is -2.34. The van der Waals surface area contributed by atoms with Crippen LogP contribution in [-0.2, 0) is 4.79 Å². The number of para-hydroxylation sites is 1. The quantitative estimate of drug-likeness (QED) is 0.746. The van der Waals surface area contributed by atoms with Crippen LogP contribution in [0.2, 0.25) is 0 Å². The van der Waals surface area contributed by atoms with E-state index >= 15 is 0 Å². The van der Waals surface area contributed by atoms with Gasteiger partial charge in [-0.05, 0) is 49.6 Å². The fraction of sp³-hybridized carbons (Fsp3) is 0.458. The summed E-state index contributed by atoms with van der Waals surface area (Å²) in [6, 6.07) is 16.3. The van der Waals surface area contributed by atoms with Crippen molar-refractivity contribution in [3.63, 3.8) is 0 Å². The van der Waals surface area contributed by atoms with E-state index < -0.39 is 0 Å². The van der Waals surface area contributed by atoms with E-state index in [0.29, 0.717) is 13.2 Å². The van der Waals surface area contributed by atoms with Gasteiger partial charge in [0.1, 0.15) is 12.4 Å². The number of nitrogens with zero attached hydrogens (tertiary/aromatic N) is 2. The molecular formula is C24H33N3O2. The zero-order chi connectivity index (χ0) is 20.6. The van der Waals surface area contributed by atoms with Gasteiger partial charge in [-0.25, -0.2) is 0 Å². The van der Waals surface area contributed by atoms with Gasteiger partial charge in [-0.1, -0.05) is 36.4 Å². The van der Waals surface area contributed by atoms with Gasteiger partial charge in [-0.2, -0.15) is 0 Å². The van der Waals surface area contributed by atoms with E-state index in [9.17, 15) is 4.79 Å². The fourth-order valence-electron chi connectivity index (χ4n) is 3.59. The second-order valence-corrected chi connectivity index (χ2v) is 7.91. The molecule has 29 heavy (non-hydrogen) atoms. The number of amides is 1. The predicted octanol–water partition coefficient (Wildman–Crippen LogP) is 3.18. The minimum atomic E-state index is 0.0261. The molecule has 2 aromatic carbocycles. The first-order valence-corrected chi connectivity index (χ1v) is 10.5. The van der Waals surface area contributed by atoms with Crippen molar-refractivity contribution in [3.8, 4) is 5.75 Å². The summed E-state index contributed by atoms with van der Waals surface area (Å²) in [5.41, 5.74) is 3.69. The summed E-state index contributed by atoms with van der Waals surface area (Å²) in [5.74, 6) is 1.01. The van der Waals surface area contributed by atoms with E-state index in [1.165, 1.54) is 11.1 Å². The third-order valence-electron chi connectivity index (χ3n) is 5.66. The highest BCUT2D eigenvalue weighted by Crippen LogP contribution is 2.16. The molecule has 1 heterocycles. The van der Waals surface area contributed by atoms with Crippen LogP contribution in [0.3, 0.4) is 0 Å². The van der Waals surface area contributed by atoms with E-state index in [4.69, 9.17) is 4.74 Å². The molecule has 2 aromatic rings. The van der Waals surface area contributed by atoms with Crippen LogP contribution in [0.15, 0.2) is 48.5 Å². The van der Waals surface area contributed by atoms with Crippen molar-refractivity contribution >= 4 is 5.91 Å². The lowest BCUT2D eigenvalue weighted by atomic mass is 10.0. The van der Waals surface area contributed by atoms with E-state index in [1.807, 2.05) is 37.3 Å². The Bertz CT molecular complexity index is 786. The van der Waals surface area contributed by atoms with E-state index in [-0.39, 0.29) is 11.9 Å². The minimum absolute atomic E-state index is 0.0261. The highest BCUT2D eigenvalue weighted by Gasteiger charge is 2.20. The van der Waals surface area contributed by atoms with Gasteiger partial charge in [0.2, 0.25) is 5.91 Å². The summed E-state index contributed by atoms with van der Waals surface area (Å²) in [7, 11) is 0. The third kappa shape index (κ3) is 6.58. The number of rotatable bonds is 8. The molecule has 0 aliphatic carbocycles. The Balaban J connectivity index is 1.35. The Kier molecular flexibility index (Phi) is 7.67. The molecule has 0 saturated carbocycles. The highest BCUT2D eigenvalue weighted by atomic mass is 16.5. The Hall–Kier alpha value is -2.37. The van der Waals surface area contributed by atoms with Gasteiger partial charge >= 0.3 is 0 Å². The molecule has 0 radical (unpaired) electrons. The Morgan fingerprint density at radius 2 is 1.69 bits per heavy atom. The van der Waals surface area contributed by atoms with Gasteiger partial charge in [0.25, 0.3) is 0 Å². The molecule has 1 fully saturated rings. The van der Waals surface area contributed by atoms with Crippen molar-refractivity contribution in [2.75, 3.05) is 45.9 Å². The van der Waals surface area contributed by atoms with Crippen LogP contribution in [0, 0.1) is 13.8 Å². The van der Waals surface area contributed by atoms with Crippen molar-refractivity contribution < 1.29 is 9.53 Å². The van der Waals surface area contributed by atoms with Gasteiger partial charge in [0, 0.05) is 32.7 Å². The third-order valence-corrected chi connectivity index (χ3v) is 5.66. The molecule has 1 unspecified atom stereocenters. The second kappa shape index (κ2) is 10.4. The molecule has 1 aliphatic rings. The van der Waals surface area contributed by atoms with Crippen LogP contribution in [0.1, 0.15) is 29.7 Å². The monoisotopic (exact) mass is 395 g/mol. The molecule has 3 rings (SSSR count). The largest absolute Gasteiger partial charge is 0.492 e. The lowest BCUT2D eigenvalue weighted by molar-refractivity contribution is -0.123. The number of carbonyl (C=O) groups is 1. The average molecular weight is 396 g/mol. The molecule has 0 bridgehead atoms. The maximum absolute atomic E-state index is 12.5. The Morgan fingerprint density at radius 3 is 2.38 bits per heavy atom. The molecular weight excluding hydrogens is 362 g/mol. The lowest BCUT2D eigenvalue weighted by Crippen LogP contribution is -2.50. The van der Waals surface area contributed by atoms with E-state index in [0.717, 1.165) is 44.0 Å². The number of piperazine rings is 1. The van der Waals surface area contributed by atoms with Gasteiger partial charge in [0.05, 0.1) is 12.6 Å². The smallest absolute Gasteiger partial charge is 0.234 e. The van der Waals surface area contributed by atoms with E-state index in [2.05, 4.69) is 47.2 Å². The molecule has 5 heteroatoms. The zero-order valence-corrected chi connectivity index (χ0v) is 17.9. The Labute approximate surface area is 174 Å². The van der Waals surface area contributed by atoms with Crippen molar-refractivity contribution in [3.05, 3.63) is 65.2 Å². The normalized spacial score (nSPS) is 16.4. The van der Waals surface area contributed by atoms with Crippen molar-refractivity contribution in [2.24, 2.45) is 0 Å². The second-order valence-electron chi connectivity index (χ2n) is 7.91. The SMILES string of the molecule is Cc1ccc(C(C)NC(=O)CN2CCN(CCOc3ccccc3)CC2)cc1C. The van der Waals surface area contributed by atoms with Crippen molar-refractivity contribution in [2.45, 2.75) is 26.8 Å². The van der Waals surface area contributed by atoms with Crippen LogP contribution >= 0.6 is 0 Å². The molecule has 5 nitrogen and oxygen atoms in total. The van der Waals surface area contributed by atoms with Crippen LogP contribution in [0.25, 0.3) is 0 Å². The van der Waals surface area contributed by atoms with Crippen molar-refractivity contribution in [1.29, 1.82) is 0 Å². The number of ether oxygens (including phenoxy) is 1. The Morgan fingerprint density at radius 1 is 1.00 bits per heavy atom. The van der Waals surface area contributed by atoms with Gasteiger partial charge in [-0.15, -0.1) is 0 Å². The topological polar surface area (TPSA) is 44.8 Å². The number of carbonyl (C=O) groups excluding carboxylic acids is 1. The number of hydrogen-bond donors (Lipinski definition) is 1. The highest BCUT2D eigenvalue weighted by molar-refractivity contribution is 5.78. The number of hydrogen-bond acceptors (Lipinski definition) is 4. The summed E-state index contributed by atoms with van der Waals surface area (Å²) in [5, 5.41) is 3.14. The van der Waals surface area contributed by atoms with Gasteiger partial charge < -0.3 is 10.1 Å². The van der Waals surface area contributed by atoms with Crippen LogP contribution in [0.4, 0.5) is 0 Å². The van der Waals surface area contributed by atoms with Gasteiger partial charge in [-0.3, -0.25) is 14.6 Å². The van der Waals surface area contributed by atoms with Gasteiger partial charge in [0.15, 0.2) is 0 Å². The van der Waals surface area contributed by atoms with Crippen LogP contribution in [-0.4, -0.2) is 61.6 Å². The number of aryl methyl sites for hydroxylation is 2. The first-order chi connectivity index (χ1) is 14.0. The molecule has 1 aliphatic heterocycles. The molecule has 1 atom stereocenters. The number of benzene rings is 2. The fourth-order valence-corrected chi connectivity index (χ4v) is 3.59. The summed E-state index contributed by atoms with van der Waals surface area (Å²) in [4.78, 5) is 17.1. The molecule has 1 amide bonds. The maximum Gasteiger partial charge on any atom is 0.234 e. The molecule has 156 valence electrons. The summed E-state index contributed by atoms with van der Waals surface area (Å²) < 4.78 is 5.78. The summed E-state index contributed by atoms with van der Waals surface area (Å²) in [6.07, 6.45) is 0.